The maximum absolute atomic E-state index is 10.5. The average Bonchev–Trinajstić information content (AvgIpc) is 2.39. The molecule has 0 bridgehead atoms. The van der Waals surface area contributed by atoms with E-state index in [9.17, 15) is 5.11 Å². The van der Waals surface area contributed by atoms with Crippen LogP contribution in [0.1, 0.15) is 18.4 Å². The van der Waals surface area contributed by atoms with Gasteiger partial charge in [-0.1, -0.05) is 12.1 Å². The first-order chi connectivity index (χ1) is 8.75. The molecule has 0 aliphatic carbocycles. The molecule has 2 N–H and O–H groups in total. The van der Waals surface area contributed by atoms with E-state index in [-0.39, 0.29) is 0 Å². The van der Waals surface area contributed by atoms with Crippen LogP contribution in [-0.2, 0) is 6.42 Å². The normalized spacial score (nSPS) is 18.9. The molecule has 1 aromatic heterocycles. The number of pyridine rings is 1. The van der Waals surface area contributed by atoms with Gasteiger partial charge in [-0.05, 0) is 49.7 Å². The van der Waals surface area contributed by atoms with Crippen LogP contribution >= 0.6 is 0 Å². The number of nitrogens with zero attached hydrogens (tertiary/aromatic N) is 1. The predicted molar refractivity (Wildman–Crippen MR) is 72.5 cm³/mol. The van der Waals surface area contributed by atoms with E-state index in [0.717, 1.165) is 43.3 Å². The molecule has 1 aromatic carbocycles. The number of nitrogens with one attached hydrogen (secondary N) is 1. The fourth-order valence-corrected chi connectivity index (χ4v) is 2.68. The Morgan fingerprint density at radius 2 is 2.06 bits per heavy atom. The largest absolute Gasteiger partial charge is 0.389 e. The number of aliphatic hydroxyl groups is 1. The number of aromatic nitrogens is 1. The summed E-state index contributed by atoms with van der Waals surface area (Å²) in [5.41, 5.74) is 1.67. The third-order valence-electron chi connectivity index (χ3n) is 3.73. The summed E-state index contributed by atoms with van der Waals surface area (Å²) in [5, 5.41) is 15.0. The van der Waals surface area contributed by atoms with E-state index in [1.165, 1.54) is 5.56 Å². The average molecular weight is 242 g/mol. The van der Waals surface area contributed by atoms with Crippen molar-refractivity contribution in [3.05, 3.63) is 42.1 Å². The van der Waals surface area contributed by atoms with Gasteiger partial charge in [-0.25, -0.2) is 0 Å². The van der Waals surface area contributed by atoms with Gasteiger partial charge in [0.05, 0.1) is 11.1 Å². The number of piperidine rings is 1. The summed E-state index contributed by atoms with van der Waals surface area (Å²) in [6.07, 6.45) is 4.21. The van der Waals surface area contributed by atoms with E-state index in [1.807, 2.05) is 18.3 Å². The summed E-state index contributed by atoms with van der Waals surface area (Å²) < 4.78 is 0. The van der Waals surface area contributed by atoms with Crippen LogP contribution in [0.25, 0.3) is 10.9 Å². The van der Waals surface area contributed by atoms with Gasteiger partial charge in [0.1, 0.15) is 0 Å². The molecule has 0 atom stereocenters. The van der Waals surface area contributed by atoms with Gasteiger partial charge in [-0.3, -0.25) is 4.98 Å². The highest BCUT2D eigenvalue weighted by Crippen LogP contribution is 2.24. The molecule has 1 aliphatic heterocycles. The fourth-order valence-electron chi connectivity index (χ4n) is 2.68. The maximum Gasteiger partial charge on any atom is 0.0712 e. The lowest BCUT2D eigenvalue weighted by atomic mass is 9.86. The molecule has 0 unspecified atom stereocenters. The molecule has 1 saturated heterocycles. The number of benzene rings is 1. The van der Waals surface area contributed by atoms with Crippen molar-refractivity contribution in [3.8, 4) is 0 Å². The highest BCUT2D eigenvalue weighted by atomic mass is 16.3. The first-order valence-electron chi connectivity index (χ1n) is 6.52. The minimum absolute atomic E-state index is 0.541. The van der Waals surface area contributed by atoms with Gasteiger partial charge in [0.2, 0.25) is 0 Å². The Bertz CT molecular complexity index is 547. The molecule has 18 heavy (non-hydrogen) atoms. The number of hydrogen-bond donors (Lipinski definition) is 2. The zero-order valence-electron chi connectivity index (χ0n) is 10.4. The maximum atomic E-state index is 10.5. The second kappa shape index (κ2) is 4.67. The molecule has 0 amide bonds. The monoisotopic (exact) mass is 242 g/mol. The number of fused-ring (bicyclic) bond motifs is 1. The van der Waals surface area contributed by atoms with Gasteiger partial charge < -0.3 is 10.4 Å². The van der Waals surface area contributed by atoms with Crippen molar-refractivity contribution < 1.29 is 5.11 Å². The van der Waals surface area contributed by atoms with Crippen molar-refractivity contribution in [1.29, 1.82) is 0 Å². The molecule has 2 heterocycles. The third kappa shape index (κ3) is 2.37. The van der Waals surface area contributed by atoms with Crippen LogP contribution in [0.4, 0.5) is 0 Å². The standard InChI is InChI=1S/C15H18N2O/c18-15(5-8-16-9-6-15)11-12-3-4-14-13(10-12)2-1-7-17-14/h1-4,7,10,16,18H,5-6,8-9,11H2. The molecule has 2 aromatic rings. The summed E-state index contributed by atoms with van der Waals surface area (Å²) in [6.45, 7) is 1.82. The minimum atomic E-state index is -0.541. The van der Waals surface area contributed by atoms with E-state index in [4.69, 9.17) is 0 Å². The minimum Gasteiger partial charge on any atom is -0.389 e. The van der Waals surface area contributed by atoms with Crippen LogP contribution in [0, 0.1) is 0 Å². The fraction of sp³-hybridized carbons (Fsp3) is 0.400. The SMILES string of the molecule is OC1(Cc2ccc3ncccc3c2)CCNCC1. The zero-order chi connectivity index (χ0) is 12.4. The topological polar surface area (TPSA) is 45.2 Å². The summed E-state index contributed by atoms with van der Waals surface area (Å²) in [5.74, 6) is 0. The molecular formula is C15H18N2O. The Balaban J connectivity index is 1.85. The van der Waals surface area contributed by atoms with Crippen LogP contribution in [-0.4, -0.2) is 28.8 Å². The Kier molecular flexibility index (Phi) is 3.02. The van der Waals surface area contributed by atoms with Crippen molar-refractivity contribution in [1.82, 2.24) is 10.3 Å². The van der Waals surface area contributed by atoms with Gasteiger partial charge >= 0.3 is 0 Å². The van der Waals surface area contributed by atoms with Gasteiger partial charge in [0, 0.05) is 18.0 Å². The Hall–Kier alpha value is -1.45. The summed E-state index contributed by atoms with van der Waals surface area (Å²) >= 11 is 0. The van der Waals surface area contributed by atoms with Crippen LogP contribution in [0.15, 0.2) is 36.5 Å². The summed E-state index contributed by atoms with van der Waals surface area (Å²) in [6, 6.07) is 10.3. The lowest BCUT2D eigenvalue weighted by Gasteiger charge is -2.32. The molecule has 3 rings (SSSR count). The highest BCUT2D eigenvalue weighted by molar-refractivity contribution is 5.78. The van der Waals surface area contributed by atoms with E-state index < -0.39 is 5.60 Å². The second-order valence-electron chi connectivity index (χ2n) is 5.18. The zero-order valence-corrected chi connectivity index (χ0v) is 10.4. The van der Waals surface area contributed by atoms with E-state index in [1.54, 1.807) is 0 Å². The van der Waals surface area contributed by atoms with Crippen LogP contribution < -0.4 is 5.32 Å². The van der Waals surface area contributed by atoms with Crippen molar-refractivity contribution in [2.75, 3.05) is 13.1 Å². The molecule has 94 valence electrons. The molecule has 1 aliphatic rings. The Morgan fingerprint density at radius 1 is 1.22 bits per heavy atom. The second-order valence-corrected chi connectivity index (χ2v) is 5.18. The van der Waals surface area contributed by atoms with Crippen LogP contribution in [0.5, 0.6) is 0 Å². The lowest BCUT2D eigenvalue weighted by Crippen LogP contribution is -2.43. The van der Waals surface area contributed by atoms with Gasteiger partial charge in [0.15, 0.2) is 0 Å². The van der Waals surface area contributed by atoms with Gasteiger partial charge in [0.25, 0.3) is 0 Å². The van der Waals surface area contributed by atoms with E-state index in [0.29, 0.717) is 0 Å². The smallest absolute Gasteiger partial charge is 0.0712 e. The molecule has 1 fully saturated rings. The third-order valence-corrected chi connectivity index (χ3v) is 3.73. The number of hydrogen-bond acceptors (Lipinski definition) is 3. The van der Waals surface area contributed by atoms with Crippen molar-refractivity contribution in [3.63, 3.8) is 0 Å². The molecule has 0 spiro atoms. The van der Waals surface area contributed by atoms with E-state index >= 15 is 0 Å². The Morgan fingerprint density at radius 3 is 2.89 bits per heavy atom. The van der Waals surface area contributed by atoms with Crippen LogP contribution in [0.3, 0.4) is 0 Å². The predicted octanol–water partition coefficient (Wildman–Crippen LogP) is 1.89. The van der Waals surface area contributed by atoms with Gasteiger partial charge in [-0.15, -0.1) is 0 Å². The first-order valence-corrected chi connectivity index (χ1v) is 6.52. The van der Waals surface area contributed by atoms with Crippen molar-refractivity contribution >= 4 is 10.9 Å². The molecule has 0 radical (unpaired) electrons. The first kappa shape index (κ1) is 11.6. The summed E-state index contributed by atoms with van der Waals surface area (Å²) in [7, 11) is 0. The van der Waals surface area contributed by atoms with E-state index in [2.05, 4.69) is 28.5 Å². The molecular weight excluding hydrogens is 224 g/mol. The van der Waals surface area contributed by atoms with Crippen LogP contribution in [0.2, 0.25) is 0 Å². The van der Waals surface area contributed by atoms with Crippen molar-refractivity contribution in [2.45, 2.75) is 24.9 Å². The molecule has 3 nitrogen and oxygen atoms in total. The molecule has 0 saturated carbocycles. The number of rotatable bonds is 2. The van der Waals surface area contributed by atoms with Crippen molar-refractivity contribution in [2.24, 2.45) is 0 Å². The lowest BCUT2D eigenvalue weighted by molar-refractivity contribution is 0.0109. The molecule has 3 heteroatoms. The highest BCUT2D eigenvalue weighted by Gasteiger charge is 2.29. The Labute approximate surface area is 107 Å². The quantitative estimate of drug-likeness (QED) is 0.845. The van der Waals surface area contributed by atoms with Gasteiger partial charge in [-0.2, -0.15) is 0 Å². The summed E-state index contributed by atoms with van der Waals surface area (Å²) in [4.78, 5) is 4.31.